The lowest BCUT2D eigenvalue weighted by Crippen LogP contribution is -2.27. The van der Waals surface area contributed by atoms with Crippen molar-refractivity contribution in [1.29, 1.82) is 0 Å². The van der Waals surface area contributed by atoms with E-state index in [4.69, 9.17) is 24.7 Å². The molecule has 11 heteroatoms. The van der Waals surface area contributed by atoms with Gasteiger partial charge < -0.3 is 35.3 Å². The summed E-state index contributed by atoms with van der Waals surface area (Å²) in [6.45, 7) is 2.25. The van der Waals surface area contributed by atoms with Gasteiger partial charge in [0, 0.05) is 6.54 Å². The number of nitrogens with one attached hydrogen (secondary N) is 2. The molecule has 2 aromatic carbocycles. The topological polar surface area (TPSA) is 134 Å². The molecule has 1 aliphatic rings. The van der Waals surface area contributed by atoms with Crippen LogP contribution in [-0.2, 0) is 6.54 Å². The summed E-state index contributed by atoms with van der Waals surface area (Å²) in [5.74, 6) is 1.54. The number of amides is 2. The van der Waals surface area contributed by atoms with E-state index in [1.165, 1.54) is 0 Å². The Hall–Kier alpha value is -3.99. The van der Waals surface area contributed by atoms with Gasteiger partial charge in [-0.25, -0.2) is 0 Å². The Labute approximate surface area is 200 Å². The molecule has 0 aliphatic carbocycles. The molecule has 0 radical (unpaired) electrons. The number of methoxy groups -OCH3 is 2. The van der Waals surface area contributed by atoms with Crippen molar-refractivity contribution in [3.8, 4) is 23.0 Å². The molecule has 4 rings (SSSR count). The average molecular weight is 485 g/mol. The summed E-state index contributed by atoms with van der Waals surface area (Å²) < 4.78 is 25.3. The van der Waals surface area contributed by atoms with E-state index in [0.717, 1.165) is 22.7 Å². The van der Waals surface area contributed by atoms with Crippen LogP contribution in [0.2, 0.25) is 0 Å². The summed E-state index contributed by atoms with van der Waals surface area (Å²) in [4.78, 5) is 25.6. The third kappa shape index (κ3) is 4.69. The van der Waals surface area contributed by atoms with Crippen LogP contribution >= 0.6 is 11.5 Å². The van der Waals surface area contributed by atoms with Gasteiger partial charge in [0.1, 0.15) is 4.88 Å². The monoisotopic (exact) mass is 484 g/mol. The Bertz CT molecular complexity index is 1230. The third-order valence-electron chi connectivity index (χ3n) is 5.29. The van der Waals surface area contributed by atoms with Crippen LogP contribution in [0, 0.1) is 0 Å². The first-order valence-corrected chi connectivity index (χ1v) is 11.1. The average Bonchev–Trinajstić information content (AvgIpc) is 3.47. The maximum Gasteiger partial charge on any atom is 0.273 e. The predicted octanol–water partition coefficient (Wildman–Crippen LogP) is 2.89. The fourth-order valence-electron chi connectivity index (χ4n) is 3.41. The van der Waals surface area contributed by atoms with E-state index < -0.39 is 11.8 Å². The zero-order valence-electron chi connectivity index (χ0n) is 18.8. The lowest BCUT2D eigenvalue weighted by molar-refractivity contribution is 0.0942. The number of anilines is 1. The number of carbonyl (C=O) groups is 2. The van der Waals surface area contributed by atoms with Gasteiger partial charge in [0.05, 0.1) is 25.9 Å². The molecule has 0 spiro atoms. The van der Waals surface area contributed by atoms with E-state index in [-0.39, 0.29) is 35.6 Å². The first-order chi connectivity index (χ1) is 16.4. The summed E-state index contributed by atoms with van der Waals surface area (Å²) in [6, 6.07) is 10.4. The number of hydrogen-bond acceptors (Lipinski definition) is 9. The number of rotatable bonds is 8. The molecular weight excluding hydrogens is 460 g/mol. The molecule has 1 aromatic heterocycles. The van der Waals surface area contributed by atoms with Crippen molar-refractivity contribution in [2.24, 2.45) is 0 Å². The van der Waals surface area contributed by atoms with E-state index >= 15 is 0 Å². The molecule has 3 aromatic rings. The third-order valence-corrected chi connectivity index (χ3v) is 6.16. The number of nitrogens with two attached hydrogens (primary N) is 1. The van der Waals surface area contributed by atoms with Gasteiger partial charge in [-0.05, 0) is 53.8 Å². The van der Waals surface area contributed by atoms with Gasteiger partial charge in [0.2, 0.25) is 6.79 Å². The van der Waals surface area contributed by atoms with Gasteiger partial charge >= 0.3 is 0 Å². The summed E-state index contributed by atoms with van der Waals surface area (Å²) >= 11 is 0.872. The van der Waals surface area contributed by atoms with Crippen LogP contribution in [0.15, 0.2) is 36.4 Å². The zero-order chi connectivity index (χ0) is 24.2. The van der Waals surface area contributed by atoms with Crippen molar-refractivity contribution in [2.45, 2.75) is 19.5 Å². The minimum Gasteiger partial charge on any atom is -0.493 e. The van der Waals surface area contributed by atoms with Crippen molar-refractivity contribution in [3.05, 3.63) is 58.1 Å². The summed E-state index contributed by atoms with van der Waals surface area (Å²) in [5, 5.41) is 5.63. The first-order valence-electron chi connectivity index (χ1n) is 10.4. The zero-order valence-corrected chi connectivity index (χ0v) is 19.7. The van der Waals surface area contributed by atoms with E-state index in [1.54, 1.807) is 38.5 Å². The number of ether oxygens (including phenoxy) is 4. The number of nitrogens with zero attached hydrogens (tertiary/aromatic N) is 1. The SMILES string of the molecule is COc1ccc([C@@H](C)NC(=O)c2snc(C(=O)NCc3ccc4c(c3)OCO4)c2N)cc1OC. The summed E-state index contributed by atoms with van der Waals surface area (Å²) in [6.07, 6.45) is 0. The molecule has 0 fully saturated rings. The van der Waals surface area contributed by atoms with Crippen LogP contribution in [0.5, 0.6) is 23.0 Å². The number of benzene rings is 2. The van der Waals surface area contributed by atoms with Crippen molar-refractivity contribution < 1.29 is 28.5 Å². The van der Waals surface area contributed by atoms with Crippen molar-refractivity contribution in [1.82, 2.24) is 15.0 Å². The van der Waals surface area contributed by atoms with Gasteiger partial charge in [-0.2, -0.15) is 4.37 Å². The van der Waals surface area contributed by atoms with Gasteiger partial charge in [0.15, 0.2) is 28.7 Å². The Morgan fingerprint density at radius 1 is 1.09 bits per heavy atom. The highest BCUT2D eigenvalue weighted by molar-refractivity contribution is 7.09. The number of fused-ring (bicyclic) bond motifs is 1. The first kappa shape index (κ1) is 23.2. The molecule has 1 aliphatic heterocycles. The van der Waals surface area contributed by atoms with Crippen molar-refractivity contribution in [3.63, 3.8) is 0 Å². The molecule has 2 amide bonds. The summed E-state index contributed by atoms with van der Waals surface area (Å²) in [7, 11) is 3.10. The molecule has 178 valence electrons. The van der Waals surface area contributed by atoms with E-state index in [1.807, 2.05) is 19.1 Å². The van der Waals surface area contributed by atoms with Crippen LogP contribution in [0.25, 0.3) is 0 Å². The molecule has 34 heavy (non-hydrogen) atoms. The Balaban J connectivity index is 1.40. The maximum absolute atomic E-state index is 12.8. The second-order valence-corrected chi connectivity index (χ2v) is 8.23. The van der Waals surface area contributed by atoms with E-state index in [0.29, 0.717) is 23.0 Å². The number of nitrogen functional groups attached to an aromatic ring is 1. The molecule has 10 nitrogen and oxygen atoms in total. The maximum atomic E-state index is 12.8. The molecule has 4 N–H and O–H groups in total. The smallest absolute Gasteiger partial charge is 0.273 e. The molecule has 0 saturated heterocycles. The Morgan fingerprint density at radius 3 is 2.62 bits per heavy atom. The highest BCUT2D eigenvalue weighted by atomic mass is 32.1. The number of aromatic nitrogens is 1. The molecule has 0 unspecified atom stereocenters. The van der Waals surface area contributed by atoms with Crippen LogP contribution < -0.4 is 35.3 Å². The van der Waals surface area contributed by atoms with Crippen LogP contribution in [-0.4, -0.2) is 37.2 Å². The molecule has 0 saturated carbocycles. The summed E-state index contributed by atoms with van der Waals surface area (Å²) in [5.41, 5.74) is 7.78. The highest BCUT2D eigenvalue weighted by Crippen LogP contribution is 2.33. The standard InChI is InChI=1S/C23H24N4O6S/c1-12(14-5-7-15(30-2)17(9-14)31-3)26-23(29)21-19(24)20(27-34-21)22(28)25-10-13-4-6-16-18(8-13)33-11-32-16/h4-9,12H,10-11,24H2,1-3H3,(H,25,28)(H,26,29)/t12-/m1/s1. The second kappa shape index (κ2) is 9.87. The Kier molecular flexibility index (Phi) is 6.73. The van der Waals surface area contributed by atoms with Crippen LogP contribution in [0.3, 0.4) is 0 Å². The van der Waals surface area contributed by atoms with Crippen molar-refractivity contribution in [2.75, 3.05) is 26.7 Å². The fraction of sp³-hybridized carbons (Fsp3) is 0.261. The number of hydrogen-bond donors (Lipinski definition) is 3. The number of carbonyl (C=O) groups excluding carboxylic acids is 2. The van der Waals surface area contributed by atoms with Crippen molar-refractivity contribution >= 4 is 29.0 Å². The van der Waals surface area contributed by atoms with E-state index in [2.05, 4.69) is 15.0 Å². The fourth-order valence-corrected chi connectivity index (χ4v) is 4.11. The predicted molar refractivity (Wildman–Crippen MR) is 126 cm³/mol. The van der Waals surface area contributed by atoms with Gasteiger partial charge in [0.25, 0.3) is 11.8 Å². The Morgan fingerprint density at radius 2 is 1.85 bits per heavy atom. The highest BCUT2D eigenvalue weighted by Gasteiger charge is 2.24. The van der Waals surface area contributed by atoms with Gasteiger partial charge in [-0.15, -0.1) is 0 Å². The van der Waals surface area contributed by atoms with Gasteiger partial charge in [-0.3, -0.25) is 9.59 Å². The normalized spacial score (nSPS) is 12.7. The van der Waals surface area contributed by atoms with Crippen LogP contribution in [0.4, 0.5) is 5.69 Å². The molecule has 2 heterocycles. The lowest BCUT2D eigenvalue weighted by atomic mass is 10.1. The minimum atomic E-state index is -0.474. The molecule has 0 bridgehead atoms. The molecule has 1 atom stereocenters. The van der Waals surface area contributed by atoms with E-state index in [9.17, 15) is 9.59 Å². The van der Waals surface area contributed by atoms with Crippen LogP contribution in [0.1, 0.15) is 44.3 Å². The quantitative estimate of drug-likeness (QED) is 0.444. The largest absolute Gasteiger partial charge is 0.493 e. The lowest BCUT2D eigenvalue weighted by Gasteiger charge is -2.16. The van der Waals surface area contributed by atoms with Gasteiger partial charge in [-0.1, -0.05) is 12.1 Å². The second-order valence-electron chi connectivity index (χ2n) is 7.45. The minimum absolute atomic E-state index is 0.00895. The molecular formula is C23H24N4O6S.